The van der Waals surface area contributed by atoms with Crippen LogP contribution in [0.25, 0.3) is 0 Å². The molecule has 176 valence electrons. The Morgan fingerprint density at radius 2 is 2.03 bits per heavy atom. The minimum atomic E-state index is -1.24. The zero-order valence-electron chi connectivity index (χ0n) is 17.8. The second kappa shape index (κ2) is 10.3. The molecule has 33 heavy (non-hydrogen) atoms. The molecule has 1 aliphatic heterocycles. The third-order valence-electron chi connectivity index (χ3n) is 4.97. The van der Waals surface area contributed by atoms with Gasteiger partial charge in [-0.1, -0.05) is 0 Å². The highest BCUT2D eigenvalue weighted by atomic mass is 16.5. The number of H-pyrrole nitrogens is 1. The standard InChI is InChI=1S/C20H25N7O6/c1-33-14(28)7-6-13(19(31)32)25-17(29)10-2-4-11(5-3-10)22-8-12-9-23-16-15(24-12)18(30)27-20(21)26-16/h2-5,12-13,22,24H,6-9H2,1H3,(H,25,29)(H,31,32)(H4,21,23,26,27,30). The lowest BCUT2D eigenvalue weighted by atomic mass is 10.1. The number of ether oxygens (including phenoxy) is 1. The summed E-state index contributed by atoms with van der Waals surface area (Å²) in [7, 11) is 1.21. The van der Waals surface area contributed by atoms with Crippen LogP contribution < -0.4 is 32.6 Å². The van der Waals surface area contributed by atoms with E-state index in [-0.39, 0.29) is 36.0 Å². The fourth-order valence-corrected chi connectivity index (χ4v) is 3.19. The van der Waals surface area contributed by atoms with Crippen LogP contribution in [0.3, 0.4) is 0 Å². The van der Waals surface area contributed by atoms with Crippen molar-refractivity contribution in [1.29, 1.82) is 0 Å². The van der Waals surface area contributed by atoms with Gasteiger partial charge in [0.2, 0.25) is 5.95 Å². The normalized spacial score (nSPS) is 15.2. The van der Waals surface area contributed by atoms with Gasteiger partial charge < -0.3 is 36.8 Å². The number of benzene rings is 1. The Hall–Kier alpha value is -4.29. The van der Waals surface area contributed by atoms with Gasteiger partial charge in [0, 0.05) is 30.8 Å². The van der Waals surface area contributed by atoms with Crippen LogP contribution >= 0.6 is 0 Å². The molecule has 13 nitrogen and oxygen atoms in total. The minimum absolute atomic E-state index is 0.0342. The molecule has 0 bridgehead atoms. The zero-order valence-corrected chi connectivity index (χ0v) is 17.8. The van der Waals surface area contributed by atoms with E-state index in [1.165, 1.54) is 7.11 Å². The smallest absolute Gasteiger partial charge is 0.326 e. The van der Waals surface area contributed by atoms with Crippen molar-refractivity contribution < 1.29 is 24.2 Å². The van der Waals surface area contributed by atoms with Crippen molar-refractivity contribution in [2.75, 3.05) is 41.9 Å². The molecule has 13 heteroatoms. The molecular weight excluding hydrogens is 434 g/mol. The Balaban J connectivity index is 1.53. The maximum Gasteiger partial charge on any atom is 0.326 e. The average Bonchev–Trinajstić information content (AvgIpc) is 2.80. The molecular formula is C20H25N7O6. The summed E-state index contributed by atoms with van der Waals surface area (Å²) in [5, 5.41) is 21.0. The number of anilines is 4. The molecule has 0 aliphatic carbocycles. The number of carbonyl (C=O) groups is 3. The molecule has 3 rings (SSSR count). The van der Waals surface area contributed by atoms with Crippen LogP contribution in [-0.4, -0.2) is 65.2 Å². The van der Waals surface area contributed by atoms with E-state index in [0.29, 0.717) is 24.6 Å². The molecule has 1 aliphatic rings. The van der Waals surface area contributed by atoms with Crippen LogP contribution in [0.4, 0.5) is 23.1 Å². The van der Waals surface area contributed by atoms with Crippen LogP contribution in [0.2, 0.25) is 0 Å². The molecule has 1 amide bonds. The molecule has 2 atom stereocenters. The Labute approximate surface area is 188 Å². The molecule has 0 saturated carbocycles. The van der Waals surface area contributed by atoms with Crippen molar-refractivity contribution in [1.82, 2.24) is 15.3 Å². The van der Waals surface area contributed by atoms with Crippen LogP contribution in [-0.2, 0) is 14.3 Å². The van der Waals surface area contributed by atoms with Crippen molar-refractivity contribution in [3.63, 3.8) is 0 Å². The summed E-state index contributed by atoms with van der Waals surface area (Å²) >= 11 is 0. The number of hydrogen-bond donors (Lipinski definition) is 7. The van der Waals surface area contributed by atoms with Crippen molar-refractivity contribution in [2.24, 2.45) is 0 Å². The fourth-order valence-electron chi connectivity index (χ4n) is 3.19. The first-order valence-corrected chi connectivity index (χ1v) is 10.1. The van der Waals surface area contributed by atoms with Gasteiger partial charge in [0.1, 0.15) is 11.7 Å². The number of carbonyl (C=O) groups excluding carboxylic acids is 2. The molecule has 2 unspecified atom stereocenters. The number of nitrogens with zero attached hydrogens (tertiary/aromatic N) is 1. The molecule has 0 fully saturated rings. The number of carboxylic acid groups (broad SMARTS) is 1. The molecule has 1 aromatic heterocycles. The van der Waals surface area contributed by atoms with Crippen molar-refractivity contribution in [2.45, 2.75) is 24.9 Å². The molecule has 0 spiro atoms. The number of nitrogen functional groups attached to an aromatic ring is 1. The van der Waals surface area contributed by atoms with Gasteiger partial charge in [0.15, 0.2) is 5.82 Å². The van der Waals surface area contributed by atoms with Crippen LogP contribution in [0, 0.1) is 0 Å². The second-order valence-corrected chi connectivity index (χ2v) is 7.33. The largest absolute Gasteiger partial charge is 0.480 e. The number of hydrogen-bond acceptors (Lipinski definition) is 10. The maximum atomic E-state index is 12.4. The van der Waals surface area contributed by atoms with Gasteiger partial charge in [0.25, 0.3) is 11.5 Å². The van der Waals surface area contributed by atoms with E-state index in [0.717, 1.165) is 5.69 Å². The Morgan fingerprint density at radius 1 is 1.30 bits per heavy atom. The molecule has 8 N–H and O–H groups in total. The first-order valence-electron chi connectivity index (χ1n) is 10.1. The number of aliphatic carboxylic acids is 1. The summed E-state index contributed by atoms with van der Waals surface area (Å²) in [4.78, 5) is 53.5. The Kier molecular flexibility index (Phi) is 7.33. The first-order chi connectivity index (χ1) is 15.8. The van der Waals surface area contributed by atoms with Gasteiger partial charge in [0.05, 0.1) is 13.2 Å². The highest BCUT2D eigenvalue weighted by molar-refractivity contribution is 5.97. The van der Waals surface area contributed by atoms with E-state index in [1.807, 2.05) is 0 Å². The molecule has 2 aromatic rings. The van der Waals surface area contributed by atoms with Gasteiger partial charge in [-0.05, 0) is 30.7 Å². The van der Waals surface area contributed by atoms with E-state index in [1.54, 1.807) is 24.3 Å². The van der Waals surface area contributed by atoms with Crippen molar-refractivity contribution in [3.05, 3.63) is 40.2 Å². The van der Waals surface area contributed by atoms with E-state index in [4.69, 9.17) is 5.73 Å². The first kappa shape index (κ1) is 23.4. The summed E-state index contributed by atoms with van der Waals surface area (Å²) in [5.74, 6) is -1.93. The van der Waals surface area contributed by atoms with Crippen LogP contribution in [0.15, 0.2) is 29.1 Å². The van der Waals surface area contributed by atoms with E-state index in [2.05, 4.69) is 36.0 Å². The number of fused-ring (bicyclic) bond motifs is 1. The minimum Gasteiger partial charge on any atom is -0.480 e. The summed E-state index contributed by atoms with van der Waals surface area (Å²) in [6, 6.07) is 5.14. The summed E-state index contributed by atoms with van der Waals surface area (Å²) < 4.78 is 4.49. The van der Waals surface area contributed by atoms with Crippen LogP contribution in [0.1, 0.15) is 23.2 Å². The van der Waals surface area contributed by atoms with Crippen LogP contribution in [0.5, 0.6) is 0 Å². The van der Waals surface area contributed by atoms with Gasteiger partial charge in [-0.15, -0.1) is 0 Å². The number of aromatic nitrogens is 2. The molecule has 0 saturated heterocycles. The number of rotatable bonds is 9. The van der Waals surface area contributed by atoms with Crippen molar-refractivity contribution >= 4 is 41.0 Å². The summed E-state index contributed by atoms with van der Waals surface area (Å²) in [6.07, 6.45) is -0.204. The Bertz CT molecular complexity index is 1090. The second-order valence-electron chi connectivity index (χ2n) is 7.33. The zero-order chi connectivity index (χ0) is 24.0. The average molecular weight is 459 g/mol. The lowest BCUT2D eigenvalue weighted by Gasteiger charge is -2.27. The number of nitrogens with one attached hydrogen (secondary N) is 5. The number of esters is 1. The fraction of sp³-hybridized carbons (Fsp3) is 0.350. The van der Waals surface area contributed by atoms with Gasteiger partial charge in [-0.2, -0.15) is 4.98 Å². The number of carboxylic acids is 1. The number of nitrogens with two attached hydrogens (primary N) is 1. The third kappa shape index (κ3) is 6.12. The highest BCUT2D eigenvalue weighted by Gasteiger charge is 2.23. The summed E-state index contributed by atoms with van der Waals surface area (Å²) in [6.45, 7) is 0.981. The van der Waals surface area contributed by atoms with Gasteiger partial charge in [-0.3, -0.25) is 19.4 Å². The van der Waals surface area contributed by atoms with E-state index >= 15 is 0 Å². The maximum absolute atomic E-state index is 12.4. The third-order valence-corrected chi connectivity index (χ3v) is 4.97. The predicted molar refractivity (Wildman–Crippen MR) is 120 cm³/mol. The molecule has 2 heterocycles. The van der Waals surface area contributed by atoms with E-state index < -0.39 is 23.9 Å². The van der Waals surface area contributed by atoms with Gasteiger partial charge >= 0.3 is 11.9 Å². The number of methoxy groups -OCH3 is 1. The quantitative estimate of drug-likeness (QED) is 0.245. The SMILES string of the molecule is COC(=O)CCC(NC(=O)c1ccc(NCC2CNc3nc(N)[nH]c(=O)c3N2)cc1)C(=O)O. The lowest BCUT2D eigenvalue weighted by Crippen LogP contribution is -2.41. The summed E-state index contributed by atoms with van der Waals surface area (Å²) in [5.41, 5.74) is 6.48. The number of aromatic amines is 1. The Morgan fingerprint density at radius 3 is 2.70 bits per heavy atom. The highest BCUT2D eigenvalue weighted by Crippen LogP contribution is 2.20. The van der Waals surface area contributed by atoms with Crippen molar-refractivity contribution in [3.8, 4) is 0 Å². The monoisotopic (exact) mass is 459 g/mol. The molecule has 1 aromatic carbocycles. The number of amides is 1. The van der Waals surface area contributed by atoms with Gasteiger partial charge in [-0.25, -0.2) is 4.79 Å². The van der Waals surface area contributed by atoms with E-state index in [9.17, 15) is 24.3 Å². The molecule has 0 radical (unpaired) electrons. The topological polar surface area (TPSA) is 201 Å². The lowest BCUT2D eigenvalue weighted by molar-refractivity contribution is -0.142. The predicted octanol–water partition coefficient (Wildman–Crippen LogP) is -0.194.